The van der Waals surface area contributed by atoms with Crippen molar-refractivity contribution in [3.63, 3.8) is 0 Å². The minimum Gasteiger partial charge on any atom is -0.466 e. The molecule has 0 saturated heterocycles. The lowest BCUT2D eigenvalue weighted by atomic mass is 10.0. The maximum atomic E-state index is 11.2. The number of nitrogens with zero attached hydrogens (tertiary/aromatic N) is 1. The van der Waals surface area contributed by atoms with E-state index in [1.807, 2.05) is 6.08 Å². The van der Waals surface area contributed by atoms with E-state index >= 15 is 0 Å². The largest absolute Gasteiger partial charge is 0.466 e. The highest BCUT2D eigenvalue weighted by Crippen LogP contribution is 2.23. The zero-order chi connectivity index (χ0) is 9.68. The van der Waals surface area contributed by atoms with Crippen LogP contribution in [0.15, 0.2) is 17.3 Å². The lowest BCUT2D eigenvalue weighted by Gasteiger charge is -2.07. The molecule has 0 spiro atoms. The van der Waals surface area contributed by atoms with E-state index in [-0.39, 0.29) is 17.8 Å². The number of hydrogen-bond acceptors (Lipinski definition) is 4. The maximum absolute atomic E-state index is 11.2. The zero-order valence-corrected chi connectivity index (χ0v) is 7.51. The van der Waals surface area contributed by atoms with Crippen LogP contribution in [0.25, 0.3) is 0 Å². The van der Waals surface area contributed by atoms with Gasteiger partial charge in [0, 0.05) is 5.92 Å². The molecule has 1 rings (SSSR count). The Bertz CT molecular complexity index is 235. The van der Waals surface area contributed by atoms with E-state index in [1.54, 1.807) is 13.0 Å². The molecule has 13 heavy (non-hydrogen) atoms. The Hall–Kier alpha value is -1.32. The molecule has 0 unspecified atom stereocenters. The summed E-state index contributed by atoms with van der Waals surface area (Å²) in [5.41, 5.74) is 0. The minimum absolute atomic E-state index is 0.0550. The quantitative estimate of drug-likeness (QED) is 0.235. The molecule has 72 valence electrons. The predicted octanol–water partition coefficient (Wildman–Crippen LogP) is 1.20. The average Bonchev–Trinajstić information content (AvgIpc) is 2.54. The fourth-order valence-corrected chi connectivity index (χ4v) is 1.35. The summed E-state index contributed by atoms with van der Waals surface area (Å²) in [5, 5.41) is 11.2. The van der Waals surface area contributed by atoms with Crippen molar-refractivity contribution in [1.82, 2.24) is 0 Å². The molecule has 0 radical (unpaired) electrons. The van der Waals surface area contributed by atoms with E-state index in [0.29, 0.717) is 13.0 Å². The molecule has 0 fully saturated rings. The first-order chi connectivity index (χ1) is 6.27. The van der Waals surface area contributed by atoms with Crippen LogP contribution >= 0.6 is 0 Å². The second-order valence-corrected chi connectivity index (χ2v) is 2.91. The summed E-state index contributed by atoms with van der Waals surface area (Å²) < 4.78 is 4.86. The van der Waals surface area contributed by atoms with Crippen molar-refractivity contribution in [2.45, 2.75) is 13.3 Å². The van der Waals surface area contributed by atoms with Crippen molar-refractivity contribution in [2.24, 2.45) is 17.0 Å². The molecule has 0 heterocycles. The van der Waals surface area contributed by atoms with Crippen LogP contribution in [-0.4, -0.2) is 24.0 Å². The first-order valence-electron chi connectivity index (χ1n) is 4.30. The van der Waals surface area contributed by atoms with Gasteiger partial charge in [0.2, 0.25) is 0 Å². The first-order valence-corrected chi connectivity index (χ1v) is 4.30. The Morgan fingerprint density at radius 3 is 3.15 bits per heavy atom. The van der Waals surface area contributed by atoms with Gasteiger partial charge < -0.3 is 9.94 Å². The Kier molecular flexibility index (Phi) is 3.49. The molecule has 0 aliphatic heterocycles. The Labute approximate surface area is 76.9 Å². The van der Waals surface area contributed by atoms with E-state index < -0.39 is 0 Å². The second-order valence-electron chi connectivity index (χ2n) is 2.91. The highest BCUT2D eigenvalue weighted by Gasteiger charge is 2.24. The summed E-state index contributed by atoms with van der Waals surface area (Å²) in [6.45, 7) is 2.19. The normalized spacial score (nSPS) is 26.8. The molecule has 1 aliphatic carbocycles. The van der Waals surface area contributed by atoms with Crippen LogP contribution in [0.4, 0.5) is 0 Å². The smallest absolute Gasteiger partial charge is 0.312 e. The molecule has 0 saturated carbocycles. The van der Waals surface area contributed by atoms with Crippen molar-refractivity contribution >= 4 is 12.2 Å². The van der Waals surface area contributed by atoms with Gasteiger partial charge in [-0.25, -0.2) is 0 Å². The summed E-state index contributed by atoms with van der Waals surface area (Å²) in [6.07, 6.45) is 5.70. The highest BCUT2D eigenvalue weighted by atomic mass is 16.5. The molecule has 1 aliphatic rings. The van der Waals surface area contributed by atoms with Gasteiger partial charge in [0.1, 0.15) is 0 Å². The van der Waals surface area contributed by atoms with Crippen LogP contribution in [0, 0.1) is 11.8 Å². The van der Waals surface area contributed by atoms with Gasteiger partial charge >= 0.3 is 5.97 Å². The summed E-state index contributed by atoms with van der Waals surface area (Å²) in [4.78, 5) is 11.2. The van der Waals surface area contributed by atoms with E-state index in [1.165, 1.54) is 6.21 Å². The van der Waals surface area contributed by atoms with E-state index in [9.17, 15) is 4.79 Å². The van der Waals surface area contributed by atoms with Crippen LogP contribution in [0.2, 0.25) is 0 Å². The molecule has 0 aromatic carbocycles. The molecular formula is C9H13NO3. The third-order valence-corrected chi connectivity index (χ3v) is 1.96. The number of carbonyl (C=O) groups is 1. The van der Waals surface area contributed by atoms with Gasteiger partial charge in [0.05, 0.1) is 18.7 Å². The minimum atomic E-state index is -0.201. The lowest BCUT2D eigenvalue weighted by Crippen LogP contribution is -2.15. The highest BCUT2D eigenvalue weighted by molar-refractivity contribution is 5.77. The first kappa shape index (κ1) is 9.77. The number of carbonyl (C=O) groups excluding carboxylic acids is 1. The van der Waals surface area contributed by atoms with Gasteiger partial charge in [-0.2, -0.15) is 0 Å². The van der Waals surface area contributed by atoms with Crippen LogP contribution in [0.3, 0.4) is 0 Å². The molecule has 0 aromatic heterocycles. The topological polar surface area (TPSA) is 58.9 Å². The molecule has 4 nitrogen and oxygen atoms in total. The van der Waals surface area contributed by atoms with E-state index in [0.717, 1.165) is 0 Å². The van der Waals surface area contributed by atoms with Crippen LogP contribution in [-0.2, 0) is 9.53 Å². The molecule has 1 N–H and O–H groups in total. The summed E-state index contributed by atoms with van der Waals surface area (Å²) in [5.74, 6) is -0.324. The van der Waals surface area contributed by atoms with Gasteiger partial charge in [0.15, 0.2) is 0 Å². The van der Waals surface area contributed by atoms with Gasteiger partial charge in [-0.05, 0) is 13.3 Å². The van der Waals surface area contributed by atoms with Gasteiger partial charge in [-0.1, -0.05) is 12.2 Å². The van der Waals surface area contributed by atoms with Crippen molar-refractivity contribution in [3.05, 3.63) is 12.2 Å². The number of oxime groups is 1. The Morgan fingerprint density at radius 2 is 2.54 bits per heavy atom. The van der Waals surface area contributed by atoms with Crippen LogP contribution < -0.4 is 0 Å². The summed E-state index contributed by atoms with van der Waals surface area (Å²) >= 11 is 0. The lowest BCUT2D eigenvalue weighted by molar-refractivity contribution is -0.146. The molecule has 0 aromatic rings. The van der Waals surface area contributed by atoms with Crippen LogP contribution in [0.5, 0.6) is 0 Å². The van der Waals surface area contributed by atoms with Gasteiger partial charge in [-0.3, -0.25) is 4.79 Å². The molecular weight excluding hydrogens is 170 g/mol. The molecule has 0 amide bonds. The standard InChI is InChI=1S/C9H13NO3/c1-2-13-9(11)8-4-3-7(5-8)6-10-12/h3-4,6-8,12H,2,5H2,1H3/b10-6-/t7-,8+/m0/s1. The Morgan fingerprint density at radius 1 is 1.77 bits per heavy atom. The van der Waals surface area contributed by atoms with Crippen molar-refractivity contribution in [2.75, 3.05) is 6.61 Å². The van der Waals surface area contributed by atoms with E-state index in [2.05, 4.69) is 5.16 Å². The summed E-state index contributed by atoms with van der Waals surface area (Å²) in [6, 6.07) is 0. The van der Waals surface area contributed by atoms with Gasteiger partial charge in [-0.15, -0.1) is 5.16 Å². The number of allylic oxidation sites excluding steroid dienone is 1. The molecule has 4 heteroatoms. The second kappa shape index (κ2) is 4.64. The fourth-order valence-electron chi connectivity index (χ4n) is 1.35. The van der Waals surface area contributed by atoms with Gasteiger partial charge in [0.25, 0.3) is 0 Å². The SMILES string of the molecule is CCOC(=O)[C@@H]1C=C[C@H](/C=N\O)C1. The van der Waals surface area contributed by atoms with Crippen molar-refractivity contribution in [3.8, 4) is 0 Å². The Balaban J connectivity index is 2.42. The number of hydrogen-bond donors (Lipinski definition) is 1. The van der Waals surface area contributed by atoms with Crippen molar-refractivity contribution < 1.29 is 14.7 Å². The zero-order valence-electron chi connectivity index (χ0n) is 7.51. The van der Waals surface area contributed by atoms with Crippen molar-refractivity contribution in [1.29, 1.82) is 0 Å². The average molecular weight is 183 g/mol. The maximum Gasteiger partial charge on any atom is 0.312 e. The fraction of sp³-hybridized carbons (Fsp3) is 0.556. The third-order valence-electron chi connectivity index (χ3n) is 1.96. The molecule has 0 bridgehead atoms. The van der Waals surface area contributed by atoms with Crippen LogP contribution in [0.1, 0.15) is 13.3 Å². The number of ether oxygens (including phenoxy) is 1. The number of esters is 1. The molecule has 2 atom stereocenters. The van der Waals surface area contributed by atoms with E-state index in [4.69, 9.17) is 9.94 Å². The predicted molar refractivity (Wildman–Crippen MR) is 47.6 cm³/mol. The number of rotatable bonds is 3. The third kappa shape index (κ3) is 2.57. The summed E-state index contributed by atoms with van der Waals surface area (Å²) in [7, 11) is 0. The monoisotopic (exact) mass is 183 g/mol.